The molecule has 1 saturated heterocycles. The zero-order chi connectivity index (χ0) is 26.5. The minimum absolute atomic E-state index is 0.0901. The van der Waals surface area contributed by atoms with Gasteiger partial charge in [0.2, 0.25) is 0 Å². The molecule has 2 unspecified atom stereocenters. The quantitative estimate of drug-likeness (QED) is 0.0804. The van der Waals surface area contributed by atoms with Gasteiger partial charge in [0.05, 0.1) is 53.1 Å². The summed E-state index contributed by atoms with van der Waals surface area (Å²) in [6, 6.07) is 0. The molecule has 0 spiro atoms. The van der Waals surface area contributed by atoms with Gasteiger partial charge in [0.15, 0.2) is 0 Å². The van der Waals surface area contributed by atoms with E-state index in [-0.39, 0.29) is 18.6 Å². The van der Waals surface area contributed by atoms with E-state index in [9.17, 15) is 9.46 Å². The number of rotatable bonds is 24. The topological polar surface area (TPSA) is 74.2 Å². The normalized spacial score (nSPS) is 18.8. The average Bonchev–Trinajstić information content (AvgIpc) is 2.83. The van der Waals surface area contributed by atoms with Crippen molar-refractivity contribution in [3.05, 3.63) is 0 Å². The number of nitrogens with zero attached hydrogens (tertiary/aromatic N) is 1. The Labute approximate surface area is 222 Å². The van der Waals surface area contributed by atoms with Crippen LogP contribution in [0.25, 0.3) is 0 Å². The van der Waals surface area contributed by atoms with E-state index in [1.165, 1.54) is 83.5 Å². The Balaban J connectivity index is 2.00. The van der Waals surface area contributed by atoms with Gasteiger partial charge in [-0.3, -0.25) is 9.05 Å². The Morgan fingerprint density at radius 2 is 1.31 bits per heavy atom. The molecular weight excluding hydrogens is 477 g/mol. The maximum Gasteiger partial charge on any atom is 0.472 e. The number of phosphoric acid groups is 1. The summed E-state index contributed by atoms with van der Waals surface area (Å²) in [5, 5.41) is 0. The van der Waals surface area contributed by atoms with Crippen LogP contribution in [0.15, 0.2) is 0 Å². The van der Waals surface area contributed by atoms with Gasteiger partial charge in [-0.1, -0.05) is 90.4 Å². The van der Waals surface area contributed by atoms with Crippen LogP contribution in [0.4, 0.5) is 0 Å². The van der Waals surface area contributed by atoms with Gasteiger partial charge >= 0.3 is 7.82 Å². The predicted molar refractivity (Wildman–Crippen MR) is 148 cm³/mol. The predicted octanol–water partition coefficient (Wildman–Crippen LogP) is 7.12. The van der Waals surface area contributed by atoms with Gasteiger partial charge in [-0.2, -0.15) is 0 Å². The van der Waals surface area contributed by atoms with E-state index >= 15 is 0 Å². The molecule has 1 aliphatic rings. The minimum Gasteiger partial charge on any atom is -0.384 e. The fourth-order valence-corrected chi connectivity index (χ4v) is 5.84. The molecule has 36 heavy (non-hydrogen) atoms. The third kappa shape index (κ3) is 19.1. The molecular formula is C28H59NO6P+. The standard InChI is InChI=1S/C28H58NO6P/c1-5-6-7-8-9-10-11-12-13-14-15-16-17-18-23-33-25-27(24-32-4)26-34-36(30,31)35-28-19-21-29(2,3)22-20-28/h27-28H,5-26H2,1-4H3/p+1. The van der Waals surface area contributed by atoms with E-state index in [0.29, 0.717) is 19.8 Å². The Morgan fingerprint density at radius 3 is 1.81 bits per heavy atom. The highest BCUT2D eigenvalue weighted by molar-refractivity contribution is 7.47. The van der Waals surface area contributed by atoms with Crippen molar-refractivity contribution in [2.45, 2.75) is 116 Å². The average molecular weight is 537 g/mol. The highest BCUT2D eigenvalue weighted by atomic mass is 31.2. The lowest BCUT2D eigenvalue weighted by molar-refractivity contribution is -0.896. The first-order valence-electron chi connectivity index (χ1n) is 14.8. The molecule has 2 atom stereocenters. The van der Waals surface area contributed by atoms with Gasteiger partial charge < -0.3 is 18.9 Å². The molecule has 0 bridgehead atoms. The zero-order valence-corrected chi connectivity index (χ0v) is 25.0. The summed E-state index contributed by atoms with van der Waals surface area (Å²) in [4.78, 5) is 10.2. The summed E-state index contributed by atoms with van der Waals surface area (Å²) in [7, 11) is 1.88. The Bertz CT molecular complexity index is 552. The van der Waals surface area contributed by atoms with Crippen LogP contribution in [-0.2, 0) is 23.1 Å². The lowest BCUT2D eigenvalue weighted by atomic mass is 10.0. The lowest BCUT2D eigenvalue weighted by Gasteiger charge is -2.37. The summed E-state index contributed by atoms with van der Waals surface area (Å²) in [6.45, 7) is 5.83. The first kappa shape index (κ1) is 34.0. The van der Waals surface area contributed by atoms with E-state index in [1.54, 1.807) is 7.11 Å². The number of piperidine rings is 1. The molecule has 8 heteroatoms. The number of methoxy groups -OCH3 is 1. The van der Waals surface area contributed by atoms with Crippen LogP contribution in [0.3, 0.4) is 0 Å². The van der Waals surface area contributed by atoms with E-state index in [2.05, 4.69) is 21.0 Å². The van der Waals surface area contributed by atoms with Gasteiger partial charge in [0, 0.05) is 32.5 Å². The van der Waals surface area contributed by atoms with Crippen LogP contribution < -0.4 is 0 Å². The van der Waals surface area contributed by atoms with Crippen molar-refractivity contribution in [3.63, 3.8) is 0 Å². The van der Waals surface area contributed by atoms with Crippen molar-refractivity contribution in [3.8, 4) is 0 Å². The molecule has 216 valence electrons. The van der Waals surface area contributed by atoms with E-state index < -0.39 is 7.82 Å². The molecule has 1 aliphatic heterocycles. The smallest absolute Gasteiger partial charge is 0.384 e. The second-order valence-corrected chi connectivity index (χ2v) is 12.9. The molecule has 1 N–H and O–H groups in total. The van der Waals surface area contributed by atoms with Gasteiger partial charge in [0.25, 0.3) is 0 Å². The van der Waals surface area contributed by atoms with Crippen LogP contribution in [0.5, 0.6) is 0 Å². The summed E-state index contributed by atoms with van der Waals surface area (Å²) >= 11 is 0. The van der Waals surface area contributed by atoms with Crippen molar-refractivity contribution >= 4 is 7.82 Å². The largest absolute Gasteiger partial charge is 0.472 e. The number of hydrogen-bond acceptors (Lipinski definition) is 5. The van der Waals surface area contributed by atoms with Crippen molar-refractivity contribution in [1.29, 1.82) is 0 Å². The number of ether oxygens (including phenoxy) is 2. The van der Waals surface area contributed by atoms with Crippen LogP contribution >= 0.6 is 7.82 Å². The molecule has 1 fully saturated rings. The summed E-state index contributed by atoms with van der Waals surface area (Å²) in [6.07, 6.45) is 20.1. The van der Waals surface area contributed by atoms with Crippen LogP contribution in [0, 0.1) is 5.92 Å². The molecule has 0 saturated carbocycles. The second kappa shape index (κ2) is 20.9. The summed E-state index contributed by atoms with van der Waals surface area (Å²) in [5.74, 6) is -0.0901. The molecule has 0 amide bonds. The van der Waals surface area contributed by atoms with Crippen molar-refractivity contribution in [2.75, 3.05) is 60.7 Å². The Hall–Kier alpha value is -0.0100. The number of likely N-dealkylation sites (tertiary alicyclic amines) is 1. The Kier molecular flexibility index (Phi) is 19.7. The fraction of sp³-hybridized carbons (Fsp3) is 1.00. The summed E-state index contributed by atoms with van der Waals surface area (Å²) < 4.78 is 35.1. The molecule has 0 radical (unpaired) electrons. The van der Waals surface area contributed by atoms with E-state index in [1.807, 2.05) is 0 Å². The van der Waals surface area contributed by atoms with Crippen molar-refractivity contribution in [2.24, 2.45) is 5.92 Å². The first-order valence-corrected chi connectivity index (χ1v) is 16.3. The van der Waals surface area contributed by atoms with Gasteiger partial charge in [-0.15, -0.1) is 0 Å². The molecule has 0 aliphatic carbocycles. The number of quaternary nitrogens is 1. The van der Waals surface area contributed by atoms with Crippen LogP contribution in [-0.4, -0.2) is 76.2 Å². The summed E-state index contributed by atoms with van der Waals surface area (Å²) in [5.41, 5.74) is 0. The highest BCUT2D eigenvalue weighted by Gasteiger charge is 2.33. The monoisotopic (exact) mass is 536 g/mol. The lowest BCUT2D eigenvalue weighted by Crippen LogP contribution is -2.47. The fourth-order valence-electron chi connectivity index (χ4n) is 4.80. The highest BCUT2D eigenvalue weighted by Crippen LogP contribution is 2.46. The van der Waals surface area contributed by atoms with E-state index in [4.69, 9.17) is 18.5 Å². The Morgan fingerprint density at radius 1 is 0.806 bits per heavy atom. The van der Waals surface area contributed by atoms with Gasteiger partial charge in [-0.05, 0) is 6.42 Å². The van der Waals surface area contributed by atoms with Gasteiger partial charge in [0.1, 0.15) is 0 Å². The van der Waals surface area contributed by atoms with E-state index in [0.717, 1.165) is 36.8 Å². The molecule has 7 nitrogen and oxygen atoms in total. The van der Waals surface area contributed by atoms with Crippen LogP contribution in [0.1, 0.15) is 110 Å². The maximum atomic E-state index is 12.4. The minimum atomic E-state index is -4.07. The van der Waals surface area contributed by atoms with Crippen LogP contribution in [0.2, 0.25) is 0 Å². The SMILES string of the molecule is CCCCCCCCCCCCCCCCOCC(COC)COP(=O)(O)OC1CC[N+](C)(C)CC1. The first-order chi connectivity index (χ1) is 17.3. The molecule has 1 heterocycles. The zero-order valence-electron chi connectivity index (χ0n) is 24.1. The molecule has 0 aromatic rings. The second-order valence-electron chi connectivity index (χ2n) is 11.4. The molecule has 1 rings (SSSR count). The van der Waals surface area contributed by atoms with Crippen molar-refractivity contribution < 1.29 is 32.5 Å². The third-order valence-electron chi connectivity index (χ3n) is 7.27. The molecule has 0 aromatic heterocycles. The number of phosphoric ester groups is 1. The van der Waals surface area contributed by atoms with Gasteiger partial charge in [-0.25, -0.2) is 4.57 Å². The maximum absolute atomic E-state index is 12.4. The van der Waals surface area contributed by atoms with Crippen molar-refractivity contribution in [1.82, 2.24) is 0 Å². The number of unbranched alkanes of at least 4 members (excludes halogenated alkanes) is 13. The number of hydrogen-bond donors (Lipinski definition) is 1. The molecule has 0 aromatic carbocycles. The third-order valence-corrected chi connectivity index (χ3v) is 8.31.